The SMILES string of the molecule is CCNC(=O)OC.c1scc2c1OCCO2. The van der Waals surface area contributed by atoms with E-state index in [9.17, 15) is 4.79 Å². The Kier molecular flexibility index (Phi) is 5.49. The highest BCUT2D eigenvalue weighted by atomic mass is 32.1. The number of ether oxygens (including phenoxy) is 3. The lowest BCUT2D eigenvalue weighted by molar-refractivity contribution is 0.171. The predicted octanol–water partition coefficient (Wildman–Crippen LogP) is 1.88. The van der Waals surface area contributed by atoms with Crippen molar-refractivity contribution in [2.24, 2.45) is 0 Å². The molecule has 1 N–H and O–H groups in total. The van der Waals surface area contributed by atoms with Crippen molar-refractivity contribution in [3.8, 4) is 11.5 Å². The number of hydrogen-bond donors (Lipinski definition) is 1. The molecule has 1 aliphatic rings. The zero-order valence-electron chi connectivity index (χ0n) is 9.32. The fourth-order valence-electron chi connectivity index (χ4n) is 1.00. The van der Waals surface area contributed by atoms with Crippen molar-refractivity contribution >= 4 is 17.4 Å². The molecule has 0 saturated carbocycles. The monoisotopic (exact) mass is 245 g/mol. The Morgan fingerprint density at radius 1 is 1.44 bits per heavy atom. The van der Waals surface area contributed by atoms with Gasteiger partial charge in [0.05, 0.1) is 7.11 Å². The molecule has 90 valence electrons. The first-order valence-electron chi connectivity index (χ1n) is 4.91. The van der Waals surface area contributed by atoms with Crippen LogP contribution < -0.4 is 14.8 Å². The highest BCUT2D eigenvalue weighted by molar-refractivity contribution is 7.08. The molecule has 0 spiro atoms. The molecular weight excluding hydrogens is 230 g/mol. The van der Waals surface area contributed by atoms with Gasteiger partial charge in [-0.3, -0.25) is 0 Å². The summed E-state index contributed by atoms with van der Waals surface area (Å²) in [7, 11) is 1.34. The van der Waals surface area contributed by atoms with Crippen LogP contribution in [0.5, 0.6) is 11.5 Å². The van der Waals surface area contributed by atoms with E-state index in [1.54, 1.807) is 11.3 Å². The predicted molar refractivity (Wildman–Crippen MR) is 61.4 cm³/mol. The van der Waals surface area contributed by atoms with Crippen LogP contribution in [0, 0.1) is 0 Å². The summed E-state index contributed by atoms with van der Waals surface area (Å²) in [6.07, 6.45) is -0.373. The standard InChI is InChI=1S/C6H6O2S.C4H9NO2/c1-2-8-6-4-9-3-5(6)7-1;1-3-5-4(6)7-2/h3-4H,1-2H2;3H2,1-2H3,(H,5,6). The molecule has 1 amide bonds. The molecule has 1 aromatic heterocycles. The summed E-state index contributed by atoms with van der Waals surface area (Å²) >= 11 is 1.61. The average Bonchev–Trinajstić information content (AvgIpc) is 2.78. The maximum absolute atomic E-state index is 10.1. The molecule has 1 aliphatic heterocycles. The van der Waals surface area contributed by atoms with E-state index in [0.29, 0.717) is 19.8 Å². The van der Waals surface area contributed by atoms with Crippen LogP contribution >= 0.6 is 11.3 Å². The maximum atomic E-state index is 10.1. The zero-order valence-corrected chi connectivity index (χ0v) is 10.1. The van der Waals surface area contributed by atoms with E-state index in [0.717, 1.165) is 11.5 Å². The van der Waals surface area contributed by atoms with Gasteiger partial charge in [-0.05, 0) is 6.92 Å². The summed E-state index contributed by atoms with van der Waals surface area (Å²) in [5.74, 6) is 1.79. The molecule has 0 fully saturated rings. The molecule has 5 nitrogen and oxygen atoms in total. The molecule has 0 aliphatic carbocycles. The number of alkyl carbamates (subject to hydrolysis) is 1. The zero-order chi connectivity index (χ0) is 11.8. The lowest BCUT2D eigenvalue weighted by Gasteiger charge is -2.13. The van der Waals surface area contributed by atoms with Gasteiger partial charge in [-0.15, -0.1) is 11.3 Å². The lowest BCUT2D eigenvalue weighted by atomic mass is 10.5. The largest absolute Gasteiger partial charge is 0.485 e. The topological polar surface area (TPSA) is 56.8 Å². The van der Waals surface area contributed by atoms with Crippen LogP contribution in [0.2, 0.25) is 0 Å². The summed E-state index contributed by atoms with van der Waals surface area (Å²) in [6.45, 7) is 3.82. The van der Waals surface area contributed by atoms with E-state index in [-0.39, 0.29) is 6.09 Å². The number of nitrogens with one attached hydrogen (secondary N) is 1. The fourth-order valence-corrected chi connectivity index (χ4v) is 1.69. The summed E-state index contributed by atoms with van der Waals surface area (Å²) in [5, 5.41) is 6.34. The van der Waals surface area contributed by atoms with Gasteiger partial charge in [-0.1, -0.05) is 0 Å². The molecule has 0 radical (unpaired) electrons. The highest BCUT2D eigenvalue weighted by Crippen LogP contribution is 2.33. The number of amides is 1. The molecule has 0 saturated heterocycles. The Morgan fingerprint density at radius 3 is 2.38 bits per heavy atom. The molecular formula is C10H15NO4S. The van der Waals surface area contributed by atoms with E-state index < -0.39 is 0 Å². The molecule has 16 heavy (non-hydrogen) atoms. The molecule has 0 unspecified atom stereocenters. The van der Waals surface area contributed by atoms with E-state index >= 15 is 0 Å². The van der Waals surface area contributed by atoms with Crippen LogP contribution in [0.4, 0.5) is 4.79 Å². The van der Waals surface area contributed by atoms with Gasteiger partial charge in [0.1, 0.15) is 13.2 Å². The van der Waals surface area contributed by atoms with Crippen molar-refractivity contribution in [3.05, 3.63) is 10.8 Å². The molecule has 0 aromatic carbocycles. The van der Waals surface area contributed by atoms with E-state index in [1.165, 1.54) is 7.11 Å². The second-order valence-corrected chi connectivity index (χ2v) is 3.56. The first kappa shape index (κ1) is 12.6. The van der Waals surface area contributed by atoms with Crippen LogP contribution in [-0.4, -0.2) is 33.0 Å². The number of carbonyl (C=O) groups is 1. The number of hydrogen-bond acceptors (Lipinski definition) is 5. The number of fused-ring (bicyclic) bond motifs is 1. The Morgan fingerprint density at radius 2 is 2.00 bits per heavy atom. The van der Waals surface area contributed by atoms with Gasteiger partial charge in [-0.25, -0.2) is 4.79 Å². The number of carbonyl (C=O) groups excluding carboxylic acids is 1. The third-order valence-corrected chi connectivity index (χ3v) is 2.40. The van der Waals surface area contributed by atoms with Crippen LogP contribution in [0.15, 0.2) is 10.8 Å². The minimum atomic E-state index is -0.373. The summed E-state index contributed by atoms with van der Waals surface area (Å²) in [5.41, 5.74) is 0. The minimum Gasteiger partial charge on any atom is -0.485 e. The van der Waals surface area contributed by atoms with Gasteiger partial charge in [0.2, 0.25) is 0 Å². The van der Waals surface area contributed by atoms with Crippen molar-refractivity contribution in [2.75, 3.05) is 26.9 Å². The van der Waals surface area contributed by atoms with Crippen molar-refractivity contribution < 1.29 is 19.0 Å². The van der Waals surface area contributed by atoms with Gasteiger partial charge in [-0.2, -0.15) is 0 Å². The van der Waals surface area contributed by atoms with Gasteiger partial charge < -0.3 is 19.5 Å². The van der Waals surface area contributed by atoms with Crippen LogP contribution in [-0.2, 0) is 4.74 Å². The quantitative estimate of drug-likeness (QED) is 0.820. The number of thiophene rings is 1. The summed E-state index contributed by atoms with van der Waals surface area (Å²) in [6, 6.07) is 0. The van der Waals surface area contributed by atoms with Crippen molar-refractivity contribution in [2.45, 2.75) is 6.92 Å². The molecule has 1 aromatic rings. The van der Waals surface area contributed by atoms with Crippen LogP contribution in [0.1, 0.15) is 6.92 Å². The summed E-state index contributed by atoms with van der Waals surface area (Å²) in [4.78, 5) is 10.1. The molecule has 2 rings (SSSR count). The smallest absolute Gasteiger partial charge is 0.406 e. The molecule has 2 heterocycles. The average molecular weight is 245 g/mol. The second kappa shape index (κ2) is 6.95. The Balaban J connectivity index is 0.000000168. The highest BCUT2D eigenvalue weighted by Gasteiger charge is 2.10. The van der Waals surface area contributed by atoms with Gasteiger partial charge in [0.25, 0.3) is 0 Å². The van der Waals surface area contributed by atoms with Crippen LogP contribution in [0.3, 0.4) is 0 Å². The lowest BCUT2D eigenvalue weighted by Crippen LogP contribution is -2.21. The Bertz CT molecular complexity index is 306. The minimum absolute atomic E-state index is 0.373. The van der Waals surface area contributed by atoms with Crippen molar-refractivity contribution in [3.63, 3.8) is 0 Å². The van der Waals surface area contributed by atoms with Crippen LogP contribution in [0.25, 0.3) is 0 Å². The molecule has 0 atom stereocenters. The van der Waals surface area contributed by atoms with Gasteiger partial charge >= 0.3 is 6.09 Å². The van der Waals surface area contributed by atoms with Crippen molar-refractivity contribution in [1.29, 1.82) is 0 Å². The first-order chi connectivity index (χ1) is 7.77. The van der Waals surface area contributed by atoms with Gasteiger partial charge in [0, 0.05) is 17.3 Å². The Hall–Kier alpha value is -1.43. The number of rotatable bonds is 1. The number of methoxy groups -OCH3 is 1. The third kappa shape index (κ3) is 3.98. The fraction of sp³-hybridized carbons (Fsp3) is 0.500. The first-order valence-corrected chi connectivity index (χ1v) is 5.85. The normalized spacial score (nSPS) is 12.1. The van der Waals surface area contributed by atoms with E-state index in [4.69, 9.17) is 9.47 Å². The van der Waals surface area contributed by atoms with Gasteiger partial charge in [0.15, 0.2) is 11.5 Å². The molecule has 0 bridgehead atoms. The molecule has 6 heteroatoms. The maximum Gasteiger partial charge on any atom is 0.406 e. The Labute approximate surface area is 98.3 Å². The summed E-state index contributed by atoms with van der Waals surface area (Å²) < 4.78 is 14.7. The van der Waals surface area contributed by atoms with E-state index in [1.807, 2.05) is 17.7 Å². The second-order valence-electron chi connectivity index (χ2n) is 2.82. The van der Waals surface area contributed by atoms with E-state index in [2.05, 4.69) is 10.1 Å². The third-order valence-electron chi connectivity index (χ3n) is 1.70. The van der Waals surface area contributed by atoms with Crippen molar-refractivity contribution in [1.82, 2.24) is 5.32 Å².